The van der Waals surface area contributed by atoms with Crippen molar-refractivity contribution >= 4 is 13.5 Å². The van der Waals surface area contributed by atoms with Crippen molar-refractivity contribution in [1.82, 2.24) is 0 Å². The number of carbonyl (C=O) groups is 1. The van der Waals surface area contributed by atoms with Gasteiger partial charge in [0, 0.05) is 0 Å². The monoisotopic (exact) mass is 210 g/mol. The van der Waals surface area contributed by atoms with Crippen LogP contribution in [-0.4, -0.2) is 25.6 Å². The lowest BCUT2D eigenvalue weighted by atomic mass is 9.81. The molecule has 0 heterocycles. The fourth-order valence-corrected chi connectivity index (χ4v) is 1.23. The van der Waals surface area contributed by atoms with Gasteiger partial charge in [0.15, 0.2) is 7.85 Å². The van der Waals surface area contributed by atoms with E-state index in [0.29, 0.717) is 0 Å². The summed E-state index contributed by atoms with van der Waals surface area (Å²) in [5.74, 6) is 0. The number of rotatable bonds is 8. The van der Waals surface area contributed by atoms with Crippen LogP contribution < -0.4 is 11.5 Å². The molecule has 0 spiro atoms. The molecule has 4 heteroatoms. The Hall–Kier alpha value is -0.605. The van der Waals surface area contributed by atoms with Crippen molar-refractivity contribution in [2.45, 2.75) is 44.6 Å². The Morgan fingerprint density at radius 1 is 1.33 bits per heavy atom. The number of allylic oxidation sites excluding steroid dienone is 2. The van der Waals surface area contributed by atoms with E-state index < -0.39 is 5.54 Å². The van der Waals surface area contributed by atoms with Gasteiger partial charge in [-0.1, -0.05) is 12.2 Å². The third-order valence-corrected chi connectivity index (χ3v) is 2.61. The molecule has 0 radical (unpaired) electrons. The highest BCUT2D eigenvalue weighted by Gasteiger charge is 2.22. The van der Waals surface area contributed by atoms with Crippen molar-refractivity contribution in [2.24, 2.45) is 11.5 Å². The van der Waals surface area contributed by atoms with Gasteiger partial charge in [-0.05, 0) is 45.6 Å². The zero-order valence-corrected chi connectivity index (χ0v) is 9.96. The summed E-state index contributed by atoms with van der Waals surface area (Å²) in [6.45, 7) is 2.54. The first kappa shape index (κ1) is 14.4. The second kappa shape index (κ2) is 7.66. The summed E-state index contributed by atoms with van der Waals surface area (Å²) in [6, 6.07) is 0. The lowest BCUT2D eigenvalue weighted by molar-refractivity contribution is -0.116. The summed E-state index contributed by atoms with van der Waals surface area (Å²) in [5, 5.41) is 0. The maximum Gasteiger partial charge on any atom is 0.189 e. The molecule has 0 aromatic carbocycles. The Labute approximate surface area is 93.7 Å². The summed E-state index contributed by atoms with van der Waals surface area (Å²) in [6.07, 6.45) is 9.09. The summed E-state index contributed by atoms with van der Waals surface area (Å²) in [5.41, 5.74) is 10.6. The number of hydrogen-bond donors (Lipinski definition) is 2. The van der Waals surface area contributed by atoms with Gasteiger partial charge in [-0.3, -0.25) is 0 Å². The molecule has 3 nitrogen and oxygen atoms in total. The highest BCUT2D eigenvalue weighted by atomic mass is 16.1. The Kier molecular flexibility index (Phi) is 7.35. The van der Waals surface area contributed by atoms with Crippen LogP contribution in [0.15, 0.2) is 12.2 Å². The lowest BCUT2D eigenvalue weighted by Crippen LogP contribution is -2.44. The topological polar surface area (TPSA) is 69.1 Å². The van der Waals surface area contributed by atoms with E-state index in [1.807, 2.05) is 0 Å². The van der Waals surface area contributed by atoms with Crippen LogP contribution in [0.4, 0.5) is 0 Å². The van der Waals surface area contributed by atoms with Crippen LogP contribution in [0.5, 0.6) is 0 Å². The maximum atomic E-state index is 11.1. The smallest absolute Gasteiger partial charge is 0.189 e. The van der Waals surface area contributed by atoms with Gasteiger partial charge in [-0.2, -0.15) is 0 Å². The molecule has 0 saturated heterocycles. The van der Waals surface area contributed by atoms with Gasteiger partial charge in [0.2, 0.25) is 0 Å². The summed E-state index contributed by atoms with van der Waals surface area (Å²) in [7, 11) is 1.55. The van der Waals surface area contributed by atoms with E-state index in [-0.39, 0.29) is 5.68 Å². The van der Waals surface area contributed by atoms with Gasteiger partial charge < -0.3 is 16.3 Å². The number of nitrogens with two attached hydrogens (primary N) is 2. The third kappa shape index (κ3) is 7.34. The maximum absolute atomic E-state index is 11.1. The minimum absolute atomic E-state index is 0.0645. The SMILES string of the molecule is BC(=O)[C@@](C)(N)CCC/C=C\CCCN. The number of hydrogen-bond acceptors (Lipinski definition) is 3. The molecular weight excluding hydrogens is 187 g/mol. The Balaban J connectivity index is 3.54. The van der Waals surface area contributed by atoms with Crippen molar-refractivity contribution in [2.75, 3.05) is 6.54 Å². The van der Waals surface area contributed by atoms with Crippen molar-refractivity contribution in [3.05, 3.63) is 12.2 Å². The van der Waals surface area contributed by atoms with Crippen LogP contribution in [0.3, 0.4) is 0 Å². The van der Waals surface area contributed by atoms with Crippen LogP contribution in [-0.2, 0) is 4.79 Å². The van der Waals surface area contributed by atoms with Gasteiger partial charge in [0.25, 0.3) is 0 Å². The van der Waals surface area contributed by atoms with Crippen molar-refractivity contribution < 1.29 is 4.79 Å². The molecule has 15 heavy (non-hydrogen) atoms. The molecule has 86 valence electrons. The number of carbonyl (C=O) groups excluding carboxylic acids is 1. The predicted octanol–water partition coefficient (Wildman–Crippen LogP) is 0.329. The van der Waals surface area contributed by atoms with Crippen molar-refractivity contribution in [3.63, 3.8) is 0 Å². The Morgan fingerprint density at radius 2 is 1.87 bits per heavy atom. The molecule has 0 bridgehead atoms. The highest BCUT2D eigenvalue weighted by molar-refractivity contribution is 6.59. The second-order valence-electron chi connectivity index (χ2n) is 4.27. The molecular formula is C11H23BN2O. The molecule has 4 N–H and O–H groups in total. The van der Waals surface area contributed by atoms with Gasteiger partial charge in [0.05, 0.1) is 5.54 Å². The minimum Gasteiger partial charge on any atom is -0.330 e. The molecule has 0 saturated carbocycles. The van der Waals surface area contributed by atoms with Crippen LogP contribution >= 0.6 is 0 Å². The van der Waals surface area contributed by atoms with E-state index in [4.69, 9.17) is 11.5 Å². The average Bonchev–Trinajstić information content (AvgIpc) is 2.16. The standard InChI is InChI=1S/C11H23BN2O/c1-11(14,10(12)15)8-6-4-2-3-5-7-9-13/h2-3H,4-9,12-14H2,1H3/b3-2-/t11-/m0/s1. The number of unbranched alkanes of at least 4 members (excludes halogenated alkanes) is 2. The zero-order chi connectivity index (χ0) is 11.7. The molecule has 0 aromatic heterocycles. The van der Waals surface area contributed by atoms with E-state index in [9.17, 15) is 4.79 Å². The first-order valence-electron chi connectivity index (χ1n) is 5.65. The molecule has 0 aliphatic rings. The van der Waals surface area contributed by atoms with Crippen LogP contribution in [0, 0.1) is 0 Å². The molecule has 0 unspecified atom stereocenters. The molecule has 0 rings (SSSR count). The normalized spacial score (nSPS) is 15.4. The van der Waals surface area contributed by atoms with Crippen molar-refractivity contribution in [1.29, 1.82) is 0 Å². The van der Waals surface area contributed by atoms with Crippen molar-refractivity contribution in [3.8, 4) is 0 Å². The molecule has 0 aliphatic carbocycles. The van der Waals surface area contributed by atoms with E-state index >= 15 is 0 Å². The lowest BCUT2D eigenvalue weighted by Gasteiger charge is -2.20. The Bertz CT molecular complexity index is 215. The summed E-state index contributed by atoms with van der Waals surface area (Å²) < 4.78 is 0. The minimum atomic E-state index is -0.648. The van der Waals surface area contributed by atoms with Crippen LogP contribution in [0.1, 0.15) is 39.0 Å². The molecule has 0 aliphatic heterocycles. The fourth-order valence-electron chi connectivity index (χ4n) is 1.23. The first-order valence-corrected chi connectivity index (χ1v) is 5.65. The first-order chi connectivity index (χ1) is 7.00. The van der Waals surface area contributed by atoms with E-state index in [1.165, 1.54) is 0 Å². The van der Waals surface area contributed by atoms with E-state index in [2.05, 4.69) is 12.2 Å². The molecule has 0 amide bonds. The van der Waals surface area contributed by atoms with Crippen LogP contribution in [0.2, 0.25) is 0 Å². The van der Waals surface area contributed by atoms with Gasteiger partial charge >= 0.3 is 0 Å². The predicted molar refractivity (Wildman–Crippen MR) is 67.4 cm³/mol. The summed E-state index contributed by atoms with van der Waals surface area (Å²) in [4.78, 5) is 11.1. The van der Waals surface area contributed by atoms with Crippen LogP contribution in [0.25, 0.3) is 0 Å². The summed E-state index contributed by atoms with van der Waals surface area (Å²) >= 11 is 0. The third-order valence-electron chi connectivity index (χ3n) is 2.61. The van der Waals surface area contributed by atoms with E-state index in [1.54, 1.807) is 14.8 Å². The molecule has 0 aromatic rings. The fraction of sp³-hybridized carbons (Fsp3) is 0.727. The Morgan fingerprint density at radius 3 is 2.33 bits per heavy atom. The van der Waals surface area contributed by atoms with Gasteiger partial charge in [-0.15, -0.1) is 0 Å². The average molecular weight is 210 g/mol. The largest absolute Gasteiger partial charge is 0.330 e. The van der Waals surface area contributed by atoms with Gasteiger partial charge in [0.1, 0.15) is 5.68 Å². The molecule has 1 atom stereocenters. The molecule has 0 fully saturated rings. The quantitative estimate of drug-likeness (QED) is 0.344. The highest BCUT2D eigenvalue weighted by Crippen LogP contribution is 2.11. The van der Waals surface area contributed by atoms with Gasteiger partial charge in [-0.25, -0.2) is 0 Å². The zero-order valence-electron chi connectivity index (χ0n) is 9.96. The second-order valence-corrected chi connectivity index (χ2v) is 4.27. The van der Waals surface area contributed by atoms with E-state index in [0.717, 1.165) is 38.6 Å².